The fraction of sp³-hybridized carbons (Fsp3) is 0.625. The number of hydrogen-bond acceptors (Lipinski definition) is 3. The molecule has 4 heteroatoms. The van der Waals surface area contributed by atoms with Crippen molar-refractivity contribution in [3.05, 3.63) is 12.2 Å². The highest BCUT2D eigenvalue weighted by atomic mass is 16.5. The first-order valence-corrected chi connectivity index (χ1v) is 3.74. The Morgan fingerprint density at radius 1 is 1.75 bits per heavy atom. The maximum Gasteiger partial charge on any atom is 0.239 e. The van der Waals surface area contributed by atoms with Crippen LogP contribution in [0, 0.1) is 0 Å². The Hall–Kier alpha value is -0.870. The molecule has 0 aliphatic rings. The average Bonchev–Trinajstić information content (AvgIpc) is 2.00. The highest BCUT2D eigenvalue weighted by Gasteiger charge is 2.11. The van der Waals surface area contributed by atoms with Gasteiger partial charge in [-0.15, -0.1) is 0 Å². The van der Waals surface area contributed by atoms with Gasteiger partial charge in [0.25, 0.3) is 0 Å². The second-order valence-corrected chi connectivity index (χ2v) is 2.74. The largest absolute Gasteiger partial charge is 0.383 e. The lowest BCUT2D eigenvalue weighted by Gasteiger charge is -2.10. The zero-order valence-electron chi connectivity index (χ0n) is 7.59. The van der Waals surface area contributed by atoms with E-state index in [-0.39, 0.29) is 12.5 Å². The SMILES string of the molecule is C=C(C)CNC(=O)C(N)COC. The summed E-state index contributed by atoms with van der Waals surface area (Å²) in [7, 11) is 1.51. The van der Waals surface area contributed by atoms with Gasteiger partial charge in [-0.3, -0.25) is 4.79 Å². The van der Waals surface area contributed by atoms with Crippen LogP contribution in [0.3, 0.4) is 0 Å². The molecule has 1 amide bonds. The Bertz CT molecular complexity index is 168. The number of methoxy groups -OCH3 is 1. The van der Waals surface area contributed by atoms with E-state index in [0.29, 0.717) is 6.54 Å². The summed E-state index contributed by atoms with van der Waals surface area (Å²) in [5.74, 6) is -0.208. The first-order valence-electron chi connectivity index (χ1n) is 3.74. The number of nitrogens with one attached hydrogen (secondary N) is 1. The van der Waals surface area contributed by atoms with Gasteiger partial charge < -0.3 is 15.8 Å². The normalized spacial score (nSPS) is 12.2. The predicted molar refractivity (Wildman–Crippen MR) is 47.7 cm³/mol. The minimum atomic E-state index is -0.589. The highest BCUT2D eigenvalue weighted by Crippen LogP contribution is 1.84. The van der Waals surface area contributed by atoms with Gasteiger partial charge in [-0.25, -0.2) is 0 Å². The molecule has 0 radical (unpaired) electrons. The van der Waals surface area contributed by atoms with Crippen LogP contribution in [0.15, 0.2) is 12.2 Å². The molecule has 70 valence electrons. The standard InChI is InChI=1S/C8H16N2O2/c1-6(2)4-10-8(11)7(9)5-12-3/h7H,1,4-5,9H2,2-3H3,(H,10,11). The van der Waals surface area contributed by atoms with Gasteiger partial charge in [0.1, 0.15) is 6.04 Å². The zero-order chi connectivity index (χ0) is 9.56. The second-order valence-electron chi connectivity index (χ2n) is 2.74. The second kappa shape index (κ2) is 5.74. The van der Waals surface area contributed by atoms with Gasteiger partial charge in [0.05, 0.1) is 6.61 Å². The molecule has 1 unspecified atom stereocenters. The Kier molecular flexibility index (Phi) is 5.32. The number of carbonyl (C=O) groups excluding carboxylic acids is 1. The van der Waals surface area contributed by atoms with Crippen LogP contribution in [0.4, 0.5) is 0 Å². The van der Waals surface area contributed by atoms with E-state index in [1.54, 1.807) is 0 Å². The molecule has 0 saturated heterocycles. The van der Waals surface area contributed by atoms with Gasteiger partial charge in [-0.05, 0) is 6.92 Å². The van der Waals surface area contributed by atoms with E-state index in [2.05, 4.69) is 11.9 Å². The summed E-state index contributed by atoms with van der Waals surface area (Å²) in [6, 6.07) is -0.589. The molecule has 3 N–H and O–H groups in total. The van der Waals surface area contributed by atoms with Crippen molar-refractivity contribution in [3.63, 3.8) is 0 Å². The van der Waals surface area contributed by atoms with Crippen LogP contribution in [0.5, 0.6) is 0 Å². The monoisotopic (exact) mass is 172 g/mol. The topological polar surface area (TPSA) is 64.4 Å². The fourth-order valence-electron chi connectivity index (χ4n) is 0.624. The number of rotatable bonds is 5. The van der Waals surface area contributed by atoms with Crippen molar-refractivity contribution in [2.24, 2.45) is 5.73 Å². The molecule has 0 aromatic heterocycles. The first-order chi connectivity index (χ1) is 5.57. The van der Waals surface area contributed by atoms with E-state index >= 15 is 0 Å². The number of ether oxygens (including phenoxy) is 1. The van der Waals surface area contributed by atoms with Crippen molar-refractivity contribution >= 4 is 5.91 Å². The summed E-state index contributed by atoms with van der Waals surface area (Å²) < 4.78 is 4.72. The van der Waals surface area contributed by atoms with Crippen LogP contribution in [0.1, 0.15) is 6.92 Å². The summed E-state index contributed by atoms with van der Waals surface area (Å²) in [5, 5.41) is 2.62. The maximum atomic E-state index is 11.1. The van der Waals surface area contributed by atoms with Crippen LogP contribution in [-0.2, 0) is 9.53 Å². The van der Waals surface area contributed by atoms with E-state index in [9.17, 15) is 4.79 Å². The molecule has 1 atom stereocenters. The fourth-order valence-corrected chi connectivity index (χ4v) is 0.624. The maximum absolute atomic E-state index is 11.1. The van der Waals surface area contributed by atoms with Gasteiger partial charge >= 0.3 is 0 Å². The molecule has 0 aromatic carbocycles. The molecule has 0 fully saturated rings. The van der Waals surface area contributed by atoms with Crippen LogP contribution >= 0.6 is 0 Å². The number of carbonyl (C=O) groups is 1. The molecule has 0 spiro atoms. The van der Waals surface area contributed by atoms with Gasteiger partial charge in [0, 0.05) is 13.7 Å². The molecule has 12 heavy (non-hydrogen) atoms. The Labute approximate surface area is 72.8 Å². The van der Waals surface area contributed by atoms with Crippen molar-refractivity contribution in [1.29, 1.82) is 0 Å². The molecule has 0 saturated carbocycles. The van der Waals surface area contributed by atoms with Crippen molar-refractivity contribution in [3.8, 4) is 0 Å². The van der Waals surface area contributed by atoms with Gasteiger partial charge in [-0.1, -0.05) is 12.2 Å². The van der Waals surface area contributed by atoms with E-state index < -0.39 is 6.04 Å². The lowest BCUT2D eigenvalue weighted by molar-refractivity contribution is -0.123. The van der Waals surface area contributed by atoms with Crippen LogP contribution in [-0.4, -0.2) is 32.2 Å². The van der Waals surface area contributed by atoms with Crippen LogP contribution < -0.4 is 11.1 Å². The van der Waals surface area contributed by atoms with E-state index in [1.807, 2.05) is 6.92 Å². The molecule has 4 nitrogen and oxygen atoms in total. The predicted octanol–water partition coefficient (Wildman–Crippen LogP) is -0.348. The van der Waals surface area contributed by atoms with Crippen molar-refractivity contribution in [1.82, 2.24) is 5.32 Å². The summed E-state index contributed by atoms with van der Waals surface area (Å²) in [6.45, 7) is 6.19. The summed E-state index contributed by atoms with van der Waals surface area (Å²) >= 11 is 0. The number of amides is 1. The average molecular weight is 172 g/mol. The van der Waals surface area contributed by atoms with Crippen molar-refractivity contribution in [2.45, 2.75) is 13.0 Å². The lowest BCUT2D eigenvalue weighted by atomic mass is 10.3. The molecular formula is C8H16N2O2. The summed E-state index contributed by atoms with van der Waals surface area (Å²) in [5.41, 5.74) is 6.34. The van der Waals surface area contributed by atoms with Gasteiger partial charge in [0.15, 0.2) is 0 Å². The third-order valence-electron chi connectivity index (χ3n) is 1.25. The quantitative estimate of drug-likeness (QED) is 0.557. The van der Waals surface area contributed by atoms with Gasteiger partial charge in [0.2, 0.25) is 5.91 Å². The minimum Gasteiger partial charge on any atom is -0.383 e. The van der Waals surface area contributed by atoms with E-state index in [1.165, 1.54) is 7.11 Å². The third-order valence-corrected chi connectivity index (χ3v) is 1.25. The van der Waals surface area contributed by atoms with Gasteiger partial charge in [-0.2, -0.15) is 0 Å². The summed E-state index contributed by atoms with van der Waals surface area (Å²) in [6.07, 6.45) is 0. The number of nitrogens with two attached hydrogens (primary N) is 1. The van der Waals surface area contributed by atoms with E-state index in [4.69, 9.17) is 10.5 Å². The Morgan fingerprint density at radius 2 is 2.33 bits per heavy atom. The van der Waals surface area contributed by atoms with Crippen molar-refractivity contribution in [2.75, 3.05) is 20.3 Å². The summed E-state index contributed by atoms with van der Waals surface area (Å²) in [4.78, 5) is 11.1. The van der Waals surface area contributed by atoms with Crippen LogP contribution in [0.25, 0.3) is 0 Å². The minimum absolute atomic E-state index is 0.208. The smallest absolute Gasteiger partial charge is 0.239 e. The molecule has 0 bridgehead atoms. The highest BCUT2D eigenvalue weighted by molar-refractivity contribution is 5.81. The third kappa shape index (κ3) is 4.87. The van der Waals surface area contributed by atoms with Crippen molar-refractivity contribution < 1.29 is 9.53 Å². The molecule has 0 heterocycles. The molecule has 0 aromatic rings. The molecule has 0 rings (SSSR count). The first kappa shape index (κ1) is 11.1. The van der Waals surface area contributed by atoms with E-state index in [0.717, 1.165) is 5.57 Å². The molecule has 0 aliphatic heterocycles. The number of hydrogen-bond donors (Lipinski definition) is 2. The Balaban J connectivity index is 3.64. The van der Waals surface area contributed by atoms with Crippen LogP contribution in [0.2, 0.25) is 0 Å². The molecular weight excluding hydrogens is 156 g/mol. The lowest BCUT2D eigenvalue weighted by Crippen LogP contribution is -2.43. The Morgan fingerprint density at radius 3 is 2.75 bits per heavy atom. The molecule has 0 aliphatic carbocycles. The zero-order valence-corrected chi connectivity index (χ0v) is 7.59.